The minimum atomic E-state index is -0.547. The van der Waals surface area contributed by atoms with Crippen LogP contribution in [0.3, 0.4) is 0 Å². The van der Waals surface area contributed by atoms with Crippen molar-refractivity contribution in [3.8, 4) is 5.75 Å². The highest BCUT2D eigenvalue weighted by Crippen LogP contribution is 2.28. The number of ether oxygens (including phenoxy) is 1. The Morgan fingerprint density at radius 2 is 2.16 bits per heavy atom. The summed E-state index contributed by atoms with van der Waals surface area (Å²) in [6.07, 6.45) is -0.547. The van der Waals surface area contributed by atoms with E-state index < -0.39 is 6.10 Å². The molecule has 1 aromatic heterocycles. The number of nitrogens with zero attached hydrogens (tertiary/aromatic N) is 1. The molecule has 9 nitrogen and oxygen atoms in total. The van der Waals surface area contributed by atoms with E-state index in [1.807, 2.05) is 12.1 Å². The molecule has 0 radical (unpaired) electrons. The van der Waals surface area contributed by atoms with E-state index in [9.17, 15) is 14.7 Å². The molecule has 0 spiro atoms. The van der Waals surface area contributed by atoms with Crippen LogP contribution in [0.5, 0.6) is 5.75 Å². The topological polar surface area (TPSA) is 128 Å². The van der Waals surface area contributed by atoms with E-state index in [4.69, 9.17) is 4.74 Å². The average Bonchev–Trinajstić information content (AvgIpc) is 2.75. The first kappa shape index (κ1) is 20.4. The fraction of sp³-hybridized carbons (Fsp3) is 0.227. The van der Waals surface area contributed by atoms with Crippen molar-refractivity contribution >= 4 is 33.9 Å². The zero-order valence-corrected chi connectivity index (χ0v) is 17.0. The molecule has 1 aliphatic heterocycles. The fourth-order valence-corrected chi connectivity index (χ4v) is 3.27. The Morgan fingerprint density at radius 1 is 1.32 bits per heavy atom. The van der Waals surface area contributed by atoms with Gasteiger partial charge in [-0.05, 0) is 36.8 Å². The molecule has 0 unspecified atom stereocenters. The van der Waals surface area contributed by atoms with Crippen LogP contribution in [-0.2, 0) is 11.3 Å². The van der Waals surface area contributed by atoms with Crippen LogP contribution in [0.25, 0.3) is 16.6 Å². The maximum absolute atomic E-state index is 12.7. The van der Waals surface area contributed by atoms with E-state index in [0.29, 0.717) is 52.6 Å². The number of fused-ring (bicyclic) bond motifs is 2. The molecule has 160 valence electrons. The van der Waals surface area contributed by atoms with Gasteiger partial charge >= 0.3 is 0 Å². The number of carbonyl (C=O) groups is 1. The molecule has 0 aliphatic carbocycles. The van der Waals surface area contributed by atoms with E-state index in [2.05, 4.69) is 32.5 Å². The lowest BCUT2D eigenvalue weighted by molar-refractivity contribution is -0.118. The van der Waals surface area contributed by atoms with Gasteiger partial charge < -0.3 is 30.8 Å². The van der Waals surface area contributed by atoms with Crippen LogP contribution in [0, 0.1) is 0 Å². The number of amides is 1. The van der Waals surface area contributed by atoms with Gasteiger partial charge in [0.1, 0.15) is 5.75 Å². The van der Waals surface area contributed by atoms with Gasteiger partial charge in [0.05, 0.1) is 28.4 Å². The molecule has 2 heterocycles. The third-order valence-electron chi connectivity index (χ3n) is 4.79. The Bertz CT molecular complexity index is 1220. The Balaban J connectivity index is 1.51. The Morgan fingerprint density at radius 3 is 2.97 bits per heavy atom. The van der Waals surface area contributed by atoms with Gasteiger partial charge in [-0.3, -0.25) is 9.59 Å². The largest absolute Gasteiger partial charge is 0.482 e. The summed E-state index contributed by atoms with van der Waals surface area (Å²) in [4.78, 5) is 31.5. The molecule has 0 fully saturated rings. The predicted octanol–water partition coefficient (Wildman–Crippen LogP) is 1.81. The van der Waals surface area contributed by atoms with Crippen LogP contribution in [-0.4, -0.2) is 40.2 Å². The molecular weight excluding hydrogens is 398 g/mol. The Labute approximate surface area is 178 Å². The van der Waals surface area contributed by atoms with E-state index in [-0.39, 0.29) is 18.1 Å². The molecule has 2 aromatic carbocycles. The van der Waals surface area contributed by atoms with Crippen LogP contribution in [0.15, 0.2) is 47.8 Å². The third kappa shape index (κ3) is 4.51. The quantitative estimate of drug-likeness (QED) is 0.394. The van der Waals surface area contributed by atoms with Gasteiger partial charge in [0, 0.05) is 18.8 Å². The lowest BCUT2D eigenvalue weighted by Crippen LogP contribution is -2.25. The highest BCUT2D eigenvalue weighted by molar-refractivity contribution is 5.95. The van der Waals surface area contributed by atoms with Crippen molar-refractivity contribution in [3.05, 3.63) is 64.7 Å². The van der Waals surface area contributed by atoms with Crippen molar-refractivity contribution in [1.29, 1.82) is 0 Å². The highest BCUT2D eigenvalue weighted by atomic mass is 16.5. The smallest absolute Gasteiger partial charge is 0.262 e. The number of hydrogen-bond donors (Lipinski definition) is 5. The van der Waals surface area contributed by atoms with E-state index in [1.165, 1.54) is 0 Å². The van der Waals surface area contributed by atoms with Crippen molar-refractivity contribution in [3.63, 3.8) is 0 Å². The van der Waals surface area contributed by atoms with Gasteiger partial charge in [-0.25, -0.2) is 4.98 Å². The highest BCUT2D eigenvalue weighted by Gasteiger charge is 2.16. The summed E-state index contributed by atoms with van der Waals surface area (Å²) < 4.78 is 5.36. The number of aromatic nitrogens is 2. The lowest BCUT2D eigenvalue weighted by Gasteiger charge is -2.19. The predicted molar refractivity (Wildman–Crippen MR) is 119 cm³/mol. The summed E-state index contributed by atoms with van der Waals surface area (Å²) in [6.45, 7) is 6.40. The number of hydrogen-bond acceptors (Lipinski definition) is 7. The summed E-state index contributed by atoms with van der Waals surface area (Å²) in [5.74, 6) is 0.768. The van der Waals surface area contributed by atoms with Gasteiger partial charge in [0.25, 0.3) is 11.5 Å². The average molecular weight is 421 g/mol. The Kier molecular flexibility index (Phi) is 5.59. The zero-order chi connectivity index (χ0) is 22.0. The van der Waals surface area contributed by atoms with Gasteiger partial charge in [-0.1, -0.05) is 18.7 Å². The van der Waals surface area contributed by atoms with Crippen molar-refractivity contribution in [2.45, 2.75) is 19.6 Å². The normalized spacial score (nSPS) is 13.7. The second kappa shape index (κ2) is 8.49. The lowest BCUT2D eigenvalue weighted by atomic mass is 10.1. The SMILES string of the molecule is C=C(NCc1ccc2c(c1)NC(=O)CO2)c1nc2cccc(NC[C@@H](C)O)c2c(=O)[nH]1. The number of carbonyl (C=O) groups excluding carboxylic acids is 1. The molecule has 31 heavy (non-hydrogen) atoms. The number of H-pyrrole nitrogens is 1. The number of rotatable bonds is 7. The molecule has 1 amide bonds. The van der Waals surface area contributed by atoms with Crippen LogP contribution in [0.1, 0.15) is 18.3 Å². The molecule has 1 aliphatic rings. The van der Waals surface area contributed by atoms with Crippen molar-refractivity contribution in [1.82, 2.24) is 15.3 Å². The monoisotopic (exact) mass is 421 g/mol. The molecule has 1 atom stereocenters. The molecule has 9 heteroatoms. The van der Waals surface area contributed by atoms with Crippen molar-refractivity contribution in [2.24, 2.45) is 0 Å². The molecule has 5 N–H and O–H groups in total. The first-order chi connectivity index (χ1) is 14.9. The number of aliphatic hydroxyl groups is 1. The van der Waals surface area contributed by atoms with Gasteiger partial charge in [-0.15, -0.1) is 0 Å². The van der Waals surface area contributed by atoms with E-state index in [0.717, 1.165) is 5.56 Å². The molecular formula is C22H23N5O4. The number of aliphatic hydroxyl groups excluding tert-OH is 1. The van der Waals surface area contributed by atoms with Crippen molar-refractivity contribution < 1.29 is 14.6 Å². The summed E-state index contributed by atoms with van der Waals surface area (Å²) in [6, 6.07) is 10.8. The number of benzene rings is 2. The second-order valence-corrected chi connectivity index (χ2v) is 7.34. The number of aromatic amines is 1. The van der Waals surface area contributed by atoms with Crippen LogP contribution < -0.4 is 26.2 Å². The molecule has 3 aromatic rings. The van der Waals surface area contributed by atoms with Crippen LogP contribution in [0.2, 0.25) is 0 Å². The zero-order valence-electron chi connectivity index (χ0n) is 17.0. The Hall–Kier alpha value is -3.85. The number of nitrogens with one attached hydrogen (secondary N) is 4. The van der Waals surface area contributed by atoms with Crippen molar-refractivity contribution in [2.75, 3.05) is 23.8 Å². The van der Waals surface area contributed by atoms with E-state index >= 15 is 0 Å². The maximum Gasteiger partial charge on any atom is 0.262 e. The van der Waals surface area contributed by atoms with Gasteiger partial charge in [-0.2, -0.15) is 0 Å². The first-order valence-electron chi connectivity index (χ1n) is 9.84. The number of anilines is 2. The second-order valence-electron chi connectivity index (χ2n) is 7.34. The minimum absolute atomic E-state index is 0.0126. The molecule has 0 saturated heterocycles. The molecule has 0 saturated carbocycles. The van der Waals surface area contributed by atoms with Crippen LogP contribution in [0.4, 0.5) is 11.4 Å². The third-order valence-corrected chi connectivity index (χ3v) is 4.79. The standard InChI is InChI=1S/C22H23N5O4/c1-12(28)9-24-15-4-3-5-16-20(15)22(30)27-21(26-16)13(2)23-10-14-6-7-18-17(8-14)25-19(29)11-31-18/h3-8,12,23-24,28H,2,9-11H2,1H3,(H,25,29)(H,26,27,30)/t12-/m1/s1. The first-order valence-corrected chi connectivity index (χ1v) is 9.84. The molecule has 0 bridgehead atoms. The maximum atomic E-state index is 12.7. The summed E-state index contributed by atoms with van der Waals surface area (Å²) in [5, 5.41) is 18.9. The molecule has 4 rings (SSSR count). The summed E-state index contributed by atoms with van der Waals surface area (Å²) in [7, 11) is 0. The van der Waals surface area contributed by atoms with Crippen LogP contribution >= 0.6 is 0 Å². The fourth-order valence-electron chi connectivity index (χ4n) is 3.27. The minimum Gasteiger partial charge on any atom is -0.482 e. The van der Waals surface area contributed by atoms with E-state index in [1.54, 1.807) is 31.2 Å². The summed E-state index contributed by atoms with van der Waals surface area (Å²) in [5.41, 5.74) is 2.81. The van der Waals surface area contributed by atoms with Gasteiger partial charge in [0.15, 0.2) is 12.4 Å². The summed E-state index contributed by atoms with van der Waals surface area (Å²) >= 11 is 0. The van der Waals surface area contributed by atoms with Gasteiger partial charge in [0.2, 0.25) is 0 Å².